The van der Waals surface area contributed by atoms with E-state index >= 15 is 0 Å². The van der Waals surface area contributed by atoms with Crippen molar-refractivity contribution in [2.24, 2.45) is 4.99 Å². The SMILES string of the molecule is Cc1cc(NC(=O)C2(NC(=O)c3ccc(Br)s3)CCOC2)ccc1N1CCOC/C1=N/C#N. The van der Waals surface area contributed by atoms with Crippen molar-refractivity contribution in [3.8, 4) is 6.19 Å². The molecule has 1 unspecified atom stereocenters. The molecule has 0 radical (unpaired) electrons. The third-order valence-electron chi connectivity index (χ3n) is 5.53. The maximum absolute atomic E-state index is 13.3. The molecule has 2 fully saturated rings. The number of morpholine rings is 1. The molecule has 33 heavy (non-hydrogen) atoms. The Balaban J connectivity index is 1.51. The third-order valence-corrected chi connectivity index (χ3v) is 7.15. The fourth-order valence-corrected chi connectivity index (χ4v) is 5.12. The number of carbonyl (C=O) groups is 2. The summed E-state index contributed by atoms with van der Waals surface area (Å²) in [5, 5.41) is 14.8. The molecule has 9 nitrogen and oxygen atoms in total. The highest BCUT2D eigenvalue weighted by atomic mass is 79.9. The number of amides is 2. The van der Waals surface area contributed by atoms with Crippen molar-refractivity contribution in [3.63, 3.8) is 0 Å². The Kier molecular flexibility index (Phi) is 7.09. The Hall–Kier alpha value is -2.78. The van der Waals surface area contributed by atoms with Crippen LogP contribution in [0.25, 0.3) is 0 Å². The van der Waals surface area contributed by atoms with Crippen LogP contribution in [0.1, 0.15) is 21.7 Å². The van der Waals surface area contributed by atoms with Gasteiger partial charge in [0.05, 0.1) is 21.9 Å². The minimum Gasteiger partial charge on any atom is -0.378 e. The molecule has 0 saturated carbocycles. The van der Waals surface area contributed by atoms with E-state index in [0.717, 1.165) is 15.0 Å². The molecule has 172 valence electrons. The molecule has 2 aliphatic heterocycles. The van der Waals surface area contributed by atoms with Crippen LogP contribution in [0.3, 0.4) is 0 Å². The lowest BCUT2D eigenvalue weighted by molar-refractivity contribution is -0.122. The summed E-state index contributed by atoms with van der Waals surface area (Å²) in [5.41, 5.74) is 1.26. The van der Waals surface area contributed by atoms with Gasteiger partial charge in [0, 0.05) is 30.9 Å². The van der Waals surface area contributed by atoms with Gasteiger partial charge in [-0.3, -0.25) is 9.59 Å². The lowest BCUT2D eigenvalue weighted by Gasteiger charge is -2.31. The Morgan fingerprint density at radius 3 is 2.79 bits per heavy atom. The Bertz CT molecular complexity index is 1140. The van der Waals surface area contributed by atoms with Crippen LogP contribution >= 0.6 is 27.3 Å². The monoisotopic (exact) mass is 531 g/mol. The molecule has 0 aliphatic carbocycles. The van der Waals surface area contributed by atoms with E-state index in [4.69, 9.17) is 14.7 Å². The van der Waals surface area contributed by atoms with Crippen LogP contribution in [-0.2, 0) is 14.3 Å². The Labute approximate surface area is 203 Å². The molecule has 1 atom stereocenters. The molecule has 2 N–H and O–H groups in total. The Morgan fingerprint density at radius 2 is 2.12 bits per heavy atom. The number of amidine groups is 1. The largest absolute Gasteiger partial charge is 0.378 e. The van der Waals surface area contributed by atoms with E-state index in [2.05, 4.69) is 31.6 Å². The van der Waals surface area contributed by atoms with Crippen LogP contribution in [0.5, 0.6) is 0 Å². The van der Waals surface area contributed by atoms with Gasteiger partial charge in [0.2, 0.25) is 6.19 Å². The van der Waals surface area contributed by atoms with Gasteiger partial charge in [-0.25, -0.2) is 0 Å². The number of aliphatic imine (C=N–C) groups is 1. The topological polar surface area (TPSA) is 116 Å². The molecule has 2 amide bonds. The molecule has 11 heteroatoms. The molecule has 3 heterocycles. The second-order valence-corrected chi connectivity index (χ2v) is 10.2. The first-order valence-electron chi connectivity index (χ1n) is 10.3. The highest BCUT2D eigenvalue weighted by molar-refractivity contribution is 9.11. The Morgan fingerprint density at radius 1 is 1.27 bits per heavy atom. The van der Waals surface area contributed by atoms with Crippen LogP contribution in [0.2, 0.25) is 0 Å². The first kappa shape index (κ1) is 23.4. The second kappa shape index (κ2) is 10.0. The minimum atomic E-state index is -1.14. The third kappa shape index (κ3) is 5.09. The number of anilines is 2. The summed E-state index contributed by atoms with van der Waals surface area (Å²) in [5.74, 6) is -0.0858. The first-order valence-corrected chi connectivity index (χ1v) is 11.9. The average molecular weight is 532 g/mol. The summed E-state index contributed by atoms with van der Waals surface area (Å²) in [7, 11) is 0. The van der Waals surface area contributed by atoms with E-state index in [-0.39, 0.29) is 25.0 Å². The fourth-order valence-electron chi connectivity index (χ4n) is 3.84. The van der Waals surface area contributed by atoms with Crippen molar-refractivity contribution in [2.75, 3.05) is 43.2 Å². The smallest absolute Gasteiger partial charge is 0.262 e. The zero-order valence-corrected chi connectivity index (χ0v) is 20.3. The van der Waals surface area contributed by atoms with Gasteiger partial charge >= 0.3 is 0 Å². The number of benzene rings is 1. The van der Waals surface area contributed by atoms with Crippen LogP contribution in [0, 0.1) is 18.4 Å². The lowest BCUT2D eigenvalue weighted by Crippen LogP contribution is -2.57. The van der Waals surface area contributed by atoms with Crippen molar-refractivity contribution in [2.45, 2.75) is 18.9 Å². The first-order chi connectivity index (χ1) is 15.9. The summed E-state index contributed by atoms with van der Waals surface area (Å²) in [6, 6.07) is 9.03. The predicted molar refractivity (Wildman–Crippen MR) is 129 cm³/mol. The number of aryl methyl sites for hydroxylation is 1. The fraction of sp³-hybridized carbons (Fsp3) is 0.364. The summed E-state index contributed by atoms with van der Waals surface area (Å²) >= 11 is 4.66. The minimum absolute atomic E-state index is 0.107. The summed E-state index contributed by atoms with van der Waals surface area (Å²) in [4.78, 5) is 32.3. The summed E-state index contributed by atoms with van der Waals surface area (Å²) in [6.45, 7) is 3.81. The van der Waals surface area contributed by atoms with Crippen LogP contribution in [0.15, 0.2) is 39.1 Å². The van der Waals surface area contributed by atoms with Gasteiger partial charge in [0.25, 0.3) is 11.8 Å². The molecule has 1 aromatic heterocycles. The van der Waals surface area contributed by atoms with Gasteiger partial charge in [-0.1, -0.05) is 0 Å². The zero-order chi connectivity index (χ0) is 23.4. The molecule has 2 saturated heterocycles. The van der Waals surface area contributed by atoms with E-state index in [1.165, 1.54) is 11.3 Å². The van der Waals surface area contributed by atoms with Gasteiger partial charge in [-0.2, -0.15) is 10.3 Å². The number of thiophene rings is 1. The van der Waals surface area contributed by atoms with E-state index in [0.29, 0.717) is 42.6 Å². The highest BCUT2D eigenvalue weighted by Crippen LogP contribution is 2.28. The number of nitrogens with one attached hydrogen (secondary N) is 2. The van der Waals surface area contributed by atoms with Gasteiger partial charge < -0.3 is 25.0 Å². The highest BCUT2D eigenvalue weighted by Gasteiger charge is 2.44. The van der Waals surface area contributed by atoms with Gasteiger partial charge in [-0.05, 0) is 58.7 Å². The quantitative estimate of drug-likeness (QED) is 0.572. The van der Waals surface area contributed by atoms with Gasteiger partial charge in [0.15, 0.2) is 0 Å². The number of nitrogens with zero attached hydrogens (tertiary/aromatic N) is 3. The molecule has 0 bridgehead atoms. The van der Waals surface area contributed by atoms with Crippen molar-refractivity contribution in [1.29, 1.82) is 5.26 Å². The molecule has 2 aromatic rings. The van der Waals surface area contributed by atoms with E-state index in [1.54, 1.807) is 18.2 Å². The van der Waals surface area contributed by atoms with Crippen molar-refractivity contribution in [1.82, 2.24) is 5.32 Å². The number of rotatable bonds is 5. The number of hydrogen-bond acceptors (Lipinski definition) is 7. The van der Waals surface area contributed by atoms with E-state index in [1.807, 2.05) is 30.1 Å². The van der Waals surface area contributed by atoms with Crippen LogP contribution in [-0.4, -0.2) is 56.2 Å². The number of halogens is 1. The van der Waals surface area contributed by atoms with E-state index < -0.39 is 5.54 Å². The number of nitriles is 1. The number of carbonyl (C=O) groups excluding carboxylic acids is 2. The number of ether oxygens (including phenoxy) is 2. The predicted octanol–water partition coefficient (Wildman–Crippen LogP) is 3.06. The van der Waals surface area contributed by atoms with E-state index in [9.17, 15) is 9.59 Å². The van der Waals surface area contributed by atoms with Crippen molar-refractivity contribution in [3.05, 3.63) is 44.6 Å². The molecule has 2 aliphatic rings. The standard InChI is InChI=1S/C22H22BrN5O4S/c1-14-10-15(2-3-16(14)28-7-9-31-11-19(28)25-13-24)26-21(30)22(6-8-32-12-22)27-20(29)17-4-5-18(23)33-17/h2-5,10H,6-9,11-12H2,1H3,(H,26,30)(H,27,29)/b25-19-. The molecule has 1 aromatic carbocycles. The van der Waals surface area contributed by atoms with Gasteiger partial charge in [0.1, 0.15) is 18.0 Å². The summed E-state index contributed by atoms with van der Waals surface area (Å²) in [6.07, 6.45) is 2.20. The normalized spacial score (nSPS) is 21.6. The van der Waals surface area contributed by atoms with Crippen LogP contribution in [0.4, 0.5) is 11.4 Å². The second-order valence-electron chi connectivity index (χ2n) is 7.73. The maximum Gasteiger partial charge on any atom is 0.262 e. The molecule has 0 spiro atoms. The number of hydrogen-bond donors (Lipinski definition) is 2. The zero-order valence-electron chi connectivity index (χ0n) is 17.9. The van der Waals surface area contributed by atoms with Crippen molar-refractivity contribution >= 4 is 56.3 Å². The molecule has 4 rings (SSSR count). The van der Waals surface area contributed by atoms with Gasteiger partial charge in [-0.15, -0.1) is 11.3 Å². The molecular formula is C22H22BrN5O4S. The average Bonchev–Trinajstić information content (AvgIpc) is 3.45. The lowest BCUT2D eigenvalue weighted by atomic mass is 9.96. The molecular weight excluding hydrogens is 510 g/mol. The van der Waals surface area contributed by atoms with Crippen LogP contribution < -0.4 is 15.5 Å². The summed E-state index contributed by atoms with van der Waals surface area (Å²) < 4.78 is 11.7. The van der Waals surface area contributed by atoms with Crippen molar-refractivity contribution < 1.29 is 19.1 Å². The maximum atomic E-state index is 13.3.